The molecule has 0 bridgehead atoms. The van der Waals surface area contributed by atoms with E-state index in [1.807, 2.05) is 0 Å². The highest BCUT2D eigenvalue weighted by atomic mass is 16.4. The van der Waals surface area contributed by atoms with Gasteiger partial charge in [0.1, 0.15) is 5.69 Å². The minimum atomic E-state index is -1.06. The minimum absolute atomic E-state index is 0.00281. The second-order valence-corrected chi connectivity index (χ2v) is 4.69. The summed E-state index contributed by atoms with van der Waals surface area (Å²) in [7, 11) is 0. The molecule has 1 heterocycles. The van der Waals surface area contributed by atoms with Gasteiger partial charge < -0.3 is 15.7 Å². The predicted molar refractivity (Wildman–Crippen MR) is 68.8 cm³/mol. The first-order valence-electron chi connectivity index (χ1n) is 6.32. The molecule has 2 atom stereocenters. The highest BCUT2D eigenvalue weighted by Gasteiger charge is 2.36. The average molecular weight is 263 g/mol. The molecule has 102 valence electrons. The minimum Gasteiger partial charge on any atom is -0.477 e. The quantitative estimate of drug-likeness (QED) is 0.748. The number of amides is 2. The molecule has 6 heteroatoms. The molecule has 1 aromatic rings. The molecule has 0 radical (unpaired) electrons. The van der Waals surface area contributed by atoms with Crippen LogP contribution in [0.5, 0.6) is 0 Å². The van der Waals surface area contributed by atoms with Crippen LogP contribution in [0.3, 0.4) is 0 Å². The lowest BCUT2D eigenvalue weighted by molar-refractivity contribution is 0.0690. The number of hydrogen-bond donors (Lipinski definition) is 3. The topological polar surface area (TPSA) is 91.3 Å². The predicted octanol–water partition coefficient (Wildman–Crippen LogP) is 1.38. The van der Waals surface area contributed by atoms with Crippen LogP contribution < -0.4 is 10.6 Å². The van der Waals surface area contributed by atoms with Crippen molar-refractivity contribution in [3.63, 3.8) is 0 Å². The van der Waals surface area contributed by atoms with Gasteiger partial charge in [-0.1, -0.05) is 19.4 Å². The van der Waals surface area contributed by atoms with Crippen LogP contribution in [-0.2, 0) is 6.54 Å². The summed E-state index contributed by atoms with van der Waals surface area (Å²) >= 11 is 0. The number of carboxylic acids is 1. The number of aromatic nitrogens is 1. The molecule has 0 spiro atoms. The van der Waals surface area contributed by atoms with Gasteiger partial charge in [0.05, 0.1) is 0 Å². The Morgan fingerprint density at radius 2 is 2.26 bits per heavy atom. The molecule has 0 saturated heterocycles. The van der Waals surface area contributed by atoms with E-state index in [1.165, 1.54) is 12.3 Å². The number of urea groups is 1. The van der Waals surface area contributed by atoms with E-state index in [2.05, 4.69) is 22.5 Å². The molecule has 0 aliphatic heterocycles. The summed E-state index contributed by atoms with van der Waals surface area (Å²) in [6, 6.07) is 3.18. The zero-order chi connectivity index (χ0) is 13.8. The van der Waals surface area contributed by atoms with Crippen LogP contribution in [0, 0.1) is 5.92 Å². The van der Waals surface area contributed by atoms with Gasteiger partial charge in [-0.3, -0.25) is 0 Å². The lowest BCUT2D eigenvalue weighted by Crippen LogP contribution is -2.37. The van der Waals surface area contributed by atoms with Crippen LogP contribution in [0.15, 0.2) is 18.3 Å². The molecule has 2 rings (SSSR count). The maximum atomic E-state index is 11.6. The van der Waals surface area contributed by atoms with Crippen molar-refractivity contribution in [3.8, 4) is 0 Å². The van der Waals surface area contributed by atoms with Crippen LogP contribution in [0.25, 0.3) is 0 Å². The van der Waals surface area contributed by atoms with Crippen LogP contribution >= 0.6 is 0 Å². The summed E-state index contributed by atoms with van der Waals surface area (Å²) in [5, 5.41) is 14.3. The maximum Gasteiger partial charge on any atom is 0.354 e. The second-order valence-electron chi connectivity index (χ2n) is 4.69. The number of aromatic carboxylic acids is 1. The molecule has 19 heavy (non-hydrogen) atoms. The normalized spacial score (nSPS) is 20.7. The molecule has 2 amide bonds. The fourth-order valence-electron chi connectivity index (χ4n) is 1.93. The monoisotopic (exact) mass is 263 g/mol. The molecule has 1 aromatic heterocycles. The molecule has 1 aliphatic rings. The number of carbonyl (C=O) groups excluding carboxylic acids is 1. The van der Waals surface area contributed by atoms with Gasteiger partial charge in [-0.15, -0.1) is 0 Å². The van der Waals surface area contributed by atoms with Gasteiger partial charge in [0.25, 0.3) is 0 Å². The summed E-state index contributed by atoms with van der Waals surface area (Å²) in [6.45, 7) is 2.45. The van der Waals surface area contributed by atoms with Gasteiger partial charge in [-0.05, 0) is 24.0 Å². The lowest BCUT2D eigenvalue weighted by Gasteiger charge is -2.07. The molecule has 0 aromatic carbocycles. The largest absolute Gasteiger partial charge is 0.477 e. The van der Waals surface area contributed by atoms with E-state index in [1.54, 1.807) is 6.07 Å². The molecule has 1 fully saturated rings. The van der Waals surface area contributed by atoms with Gasteiger partial charge in [0, 0.05) is 18.8 Å². The van der Waals surface area contributed by atoms with E-state index in [9.17, 15) is 9.59 Å². The Kier molecular flexibility index (Phi) is 3.99. The van der Waals surface area contributed by atoms with Crippen molar-refractivity contribution < 1.29 is 14.7 Å². The Morgan fingerprint density at radius 3 is 2.79 bits per heavy atom. The van der Waals surface area contributed by atoms with E-state index in [0.717, 1.165) is 18.4 Å². The third-order valence-corrected chi connectivity index (χ3v) is 3.26. The van der Waals surface area contributed by atoms with E-state index >= 15 is 0 Å². The first-order chi connectivity index (χ1) is 9.10. The van der Waals surface area contributed by atoms with Gasteiger partial charge in [-0.2, -0.15) is 0 Å². The van der Waals surface area contributed by atoms with Crippen molar-refractivity contribution in [1.82, 2.24) is 15.6 Å². The summed E-state index contributed by atoms with van der Waals surface area (Å²) in [5.41, 5.74) is 0.764. The standard InChI is InChI=1S/C13H17N3O3/c1-2-9-5-11(9)16-13(19)15-7-8-3-4-10(12(17)18)14-6-8/h3-4,6,9,11H,2,5,7H2,1H3,(H,17,18)(H2,15,16,19). The van der Waals surface area contributed by atoms with E-state index in [-0.39, 0.29) is 11.7 Å². The van der Waals surface area contributed by atoms with Crippen molar-refractivity contribution in [1.29, 1.82) is 0 Å². The number of carboxylic acid groups (broad SMARTS) is 1. The number of hydrogen-bond acceptors (Lipinski definition) is 3. The smallest absolute Gasteiger partial charge is 0.354 e. The van der Waals surface area contributed by atoms with Gasteiger partial charge in [0.2, 0.25) is 0 Å². The number of carbonyl (C=O) groups is 2. The van der Waals surface area contributed by atoms with Gasteiger partial charge in [-0.25, -0.2) is 14.6 Å². The Balaban J connectivity index is 1.75. The van der Waals surface area contributed by atoms with E-state index in [4.69, 9.17) is 5.11 Å². The highest BCUT2D eigenvalue weighted by molar-refractivity contribution is 5.85. The molecule has 3 N–H and O–H groups in total. The molecule has 1 aliphatic carbocycles. The third kappa shape index (κ3) is 3.67. The maximum absolute atomic E-state index is 11.6. The lowest BCUT2D eigenvalue weighted by atomic mass is 10.2. The van der Waals surface area contributed by atoms with Crippen LogP contribution in [-0.4, -0.2) is 28.1 Å². The van der Waals surface area contributed by atoms with Crippen LogP contribution in [0.2, 0.25) is 0 Å². The summed E-state index contributed by atoms with van der Waals surface area (Å²) in [6.07, 6.45) is 3.60. The average Bonchev–Trinajstić information content (AvgIpc) is 3.15. The van der Waals surface area contributed by atoms with Crippen LogP contribution in [0.4, 0.5) is 4.79 Å². The first-order valence-corrected chi connectivity index (χ1v) is 6.32. The first kappa shape index (κ1) is 13.3. The third-order valence-electron chi connectivity index (χ3n) is 3.26. The van der Waals surface area contributed by atoms with Crippen molar-refractivity contribution in [2.75, 3.05) is 0 Å². The number of nitrogens with zero attached hydrogens (tertiary/aromatic N) is 1. The SMILES string of the molecule is CCC1CC1NC(=O)NCc1ccc(C(=O)O)nc1. The van der Waals surface area contributed by atoms with Crippen molar-refractivity contribution in [3.05, 3.63) is 29.6 Å². The van der Waals surface area contributed by atoms with E-state index < -0.39 is 5.97 Å². The van der Waals surface area contributed by atoms with Crippen molar-refractivity contribution >= 4 is 12.0 Å². The molecule has 1 saturated carbocycles. The Morgan fingerprint density at radius 1 is 1.47 bits per heavy atom. The highest BCUT2D eigenvalue weighted by Crippen LogP contribution is 2.32. The van der Waals surface area contributed by atoms with E-state index in [0.29, 0.717) is 18.5 Å². The summed E-state index contributed by atoms with van der Waals surface area (Å²) in [4.78, 5) is 26.0. The number of nitrogens with one attached hydrogen (secondary N) is 2. The number of rotatable bonds is 5. The van der Waals surface area contributed by atoms with Crippen LogP contribution in [0.1, 0.15) is 35.8 Å². The zero-order valence-corrected chi connectivity index (χ0v) is 10.7. The van der Waals surface area contributed by atoms with Crippen molar-refractivity contribution in [2.45, 2.75) is 32.4 Å². The molecule has 6 nitrogen and oxygen atoms in total. The molecule has 2 unspecified atom stereocenters. The Hall–Kier alpha value is -2.11. The fourth-order valence-corrected chi connectivity index (χ4v) is 1.93. The van der Waals surface area contributed by atoms with Gasteiger partial charge >= 0.3 is 12.0 Å². The summed E-state index contributed by atoms with van der Waals surface area (Å²) < 4.78 is 0. The molecular weight excluding hydrogens is 246 g/mol. The zero-order valence-electron chi connectivity index (χ0n) is 10.7. The number of pyridine rings is 1. The Bertz CT molecular complexity index is 473. The second kappa shape index (κ2) is 5.69. The summed E-state index contributed by atoms with van der Waals surface area (Å²) in [5.74, 6) is -0.446. The molecular formula is C13H17N3O3. The van der Waals surface area contributed by atoms with Crippen molar-refractivity contribution in [2.24, 2.45) is 5.92 Å². The Labute approximate surface area is 111 Å². The fraction of sp³-hybridized carbons (Fsp3) is 0.462. The van der Waals surface area contributed by atoms with Gasteiger partial charge in [0.15, 0.2) is 0 Å².